The summed E-state index contributed by atoms with van der Waals surface area (Å²) in [4.78, 5) is 0. The van der Waals surface area contributed by atoms with E-state index < -0.39 is 12.2 Å². The molecule has 0 aliphatic rings. The van der Waals surface area contributed by atoms with Crippen LogP contribution in [0, 0.1) is 11.8 Å². The molecule has 0 spiro atoms. The van der Waals surface area contributed by atoms with Crippen LogP contribution in [-0.4, -0.2) is 22.4 Å². The fourth-order valence-electron chi connectivity index (χ4n) is 1.72. The fraction of sp³-hybridized carbons (Fsp3) is 1.00. The Bertz CT molecular complexity index is 132. The third kappa shape index (κ3) is 4.43. The van der Waals surface area contributed by atoms with Gasteiger partial charge in [0.1, 0.15) is 0 Å². The van der Waals surface area contributed by atoms with Gasteiger partial charge in [-0.2, -0.15) is 0 Å². The molecule has 0 radical (unpaired) electrons. The molecule has 0 heterocycles. The van der Waals surface area contributed by atoms with Gasteiger partial charge in [-0.05, 0) is 18.3 Å². The molecule has 0 fully saturated rings. The molecule has 0 aromatic rings. The Labute approximate surface area is 88.3 Å². The third-order valence-corrected chi connectivity index (χ3v) is 3.35. The summed E-state index contributed by atoms with van der Waals surface area (Å²) in [6.07, 6.45) is 2.72. The summed E-state index contributed by atoms with van der Waals surface area (Å²) in [5.74, 6) is 0.739. The van der Waals surface area contributed by atoms with Crippen LogP contribution in [0.5, 0.6) is 0 Å². The second-order valence-corrected chi connectivity index (χ2v) is 4.36. The van der Waals surface area contributed by atoms with Crippen LogP contribution in [0.2, 0.25) is 0 Å². The molecule has 0 aliphatic heterocycles. The smallest absolute Gasteiger partial charge is 0.0824 e. The van der Waals surface area contributed by atoms with E-state index in [0.29, 0.717) is 5.92 Å². The fourth-order valence-corrected chi connectivity index (χ4v) is 1.72. The molecule has 3 unspecified atom stereocenters. The molecule has 0 amide bonds. The minimum atomic E-state index is -0.555. The van der Waals surface area contributed by atoms with Crippen LogP contribution in [0.1, 0.15) is 53.4 Å². The maximum Gasteiger partial charge on any atom is 0.0824 e. The maximum absolute atomic E-state index is 9.80. The summed E-state index contributed by atoms with van der Waals surface area (Å²) in [5.41, 5.74) is 0. The van der Waals surface area contributed by atoms with E-state index in [1.165, 1.54) is 0 Å². The Kier molecular flexibility index (Phi) is 7.20. The Morgan fingerprint density at radius 1 is 0.929 bits per heavy atom. The Morgan fingerprint density at radius 2 is 1.43 bits per heavy atom. The van der Waals surface area contributed by atoms with Gasteiger partial charge in [-0.1, -0.05) is 47.0 Å². The van der Waals surface area contributed by atoms with Crippen LogP contribution in [-0.2, 0) is 0 Å². The van der Waals surface area contributed by atoms with Crippen molar-refractivity contribution in [3.63, 3.8) is 0 Å². The van der Waals surface area contributed by atoms with E-state index in [1.807, 2.05) is 13.8 Å². The first-order valence-electron chi connectivity index (χ1n) is 5.92. The van der Waals surface area contributed by atoms with E-state index in [0.717, 1.165) is 25.7 Å². The van der Waals surface area contributed by atoms with E-state index in [1.54, 1.807) is 0 Å². The number of hydrogen-bond acceptors (Lipinski definition) is 2. The van der Waals surface area contributed by atoms with Crippen molar-refractivity contribution in [2.75, 3.05) is 0 Å². The second-order valence-electron chi connectivity index (χ2n) is 4.36. The van der Waals surface area contributed by atoms with Gasteiger partial charge in [-0.3, -0.25) is 0 Å². The summed E-state index contributed by atoms with van der Waals surface area (Å²) < 4.78 is 0. The highest BCUT2D eigenvalue weighted by molar-refractivity contribution is 4.74. The second kappa shape index (κ2) is 7.24. The molecule has 0 aromatic heterocycles. The molecule has 0 aromatic carbocycles. The lowest BCUT2D eigenvalue weighted by Crippen LogP contribution is -2.33. The quantitative estimate of drug-likeness (QED) is 0.666. The lowest BCUT2D eigenvalue weighted by molar-refractivity contribution is -0.0257. The number of aliphatic hydroxyl groups is 2. The van der Waals surface area contributed by atoms with Crippen molar-refractivity contribution < 1.29 is 10.2 Å². The average Bonchev–Trinajstić information content (AvgIpc) is 2.23. The minimum Gasteiger partial charge on any atom is -0.390 e. The van der Waals surface area contributed by atoms with Crippen molar-refractivity contribution in [3.8, 4) is 0 Å². The molecule has 14 heavy (non-hydrogen) atoms. The SMILES string of the molecule is CCC(CC)CC(O)C(O)C(C)CC. The maximum atomic E-state index is 9.80. The first-order valence-corrected chi connectivity index (χ1v) is 5.92. The van der Waals surface area contributed by atoms with Crippen molar-refractivity contribution in [2.45, 2.75) is 65.6 Å². The van der Waals surface area contributed by atoms with E-state index >= 15 is 0 Å². The highest BCUT2D eigenvalue weighted by atomic mass is 16.3. The molecule has 86 valence electrons. The Balaban J connectivity index is 3.98. The molecule has 0 saturated carbocycles. The van der Waals surface area contributed by atoms with E-state index in [4.69, 9.17) is 0 Å². The van der Waals surface area contributed by atoms with Gasteiger partial charge in [-0.25, -0.2) is 0 Å². The van der Waals surface area contributed by atoms with Crippen LogP contribution >= 0.6 is 0 Å². The highest BCUT2D eigenvalue weighted by Crippen LogP contribution is 2.20. The zero-order valence-corrected chi connectivity index (χ0v) is 10.0. The van der Waals surface area contributed by atoms with Crippen molar-refractivity contribution >= 4 is 0 Å². The standard InChI is InChI=1S/C12H26O2/c1-5-9(4)12(14)11(13)8-10(6-2)7-3/h9-14H,5-8H2,1-4H3. The highest BCUT2D eigenvalue weighted by Gasteiger charge is 2.23. The molecule has 2 nitrogen and oxygen atoms in total. The predicted molar refractivity (Wildman–Crippen MR) is 60.2 cm³/mol. The van der Waals surface area contributed by atoms with Crippen LogP contribution in [0.15, 0.2) is 0 Å². The lowest BCUT2D eigenvalue weighted by Gasteiger charge is -2.25. The van der Waals surface area contributed by atoms with Gasteiger partial charge in [0.05, 0.1) is 12.2 Å². The van der Waals surface area contributed by atoms with Crippen LogP contribution < -0.4 is 0 Å². The van der Waals surface area contributed by atoms with E-state index in [2.05, 4.69) is 13.8 Å². The Hall–Kier alpha value is -0.0800. The molecule has 2 N–H and O–H groups in total. The Morgan fingerprint density at radius 3 is 1.79 bits per heavy atom. The summed E-state index contributed by atoms with van der Waals surface area (Å²) >= 11 is 0. The van der Waals surface area contributed by atoms with Crippen molar-refractivity contribution in [1.29, 1.82) is 0 Å². The summed E-state index contributed by atoms with van der Waals surface area (Å²) in [5, 5.41) is 19.6. The van der Waals surface area contributed by atoms with Crippen LogP contribution in [0.4, 0.5) is 0 Å². The van der Waals surface area contributed by atoms with Crippen molar-refractivity contribution in [1.82, 2.24) is 0 Å². The monoisotopic (exact) mass is 202 g/mol. The van der Waals surface area contributed by atoms with Crippen molar-refractivity contribution in [2.24, 2.45) is 11.8 Å². The first kappa shape index (κ1) is 13.9. The molecule has 0 rings (SSSR count). The van der Waals surface area contributed by atoms with Gasteiger partial charge in [-0.15, -0.1) is 0 Å². The molecule has 2 heteroatoms. The van der Waals surface area contributed by atoms with Gasteiger partial charge in [0.15, 0.2) is 0 Å². The molecule has 0 saturated heterocycles. The van der Waals surface area contributed by atoms with Crippen LogP contribution in [0.3, 0.4) is 0 Å². The molecule has 3 atom stereocenters. The largest absolute Gasteiger partial charge is 0.390 e. The summed E-state index contributed by atoms with van der Waals surface area (Å²) in [6, 6.07) is 0. The molecule has 0 aliphatic carbocycles. The minimum absolute atomic E-state index is 0.194. The predicted octanol–water partition coefficient (Wildman–Crippen LogP) is 2.58. The zero-order valence-electron chi connectivity index (χ0n) is 10.0. The number of rotatable bonds is 7. The molecule has 0 bridgehead atoms. The van der Waals surface area contributed by atoms with E-state index in [9.17, 15) is 10.2 Å². The van der Waals surface area contributed by atoms with Gasteiger partial charge in [0.2, 0.25) is 0 Å². The molecular weight excluding hydrogens is 176 g/mol. The van der Waals surface area contributed by atoms with Crippen molar-refractivity contribution in [3.05, 3.63) is 0 Å². The molecular formula is C12H26O2. The van der Waals surface area contributed by atoms with Gasteiger partial charge in [0.25, 0.3) is 0 Å². The lowest BCUT2D eigenvalue weighted by atomic mass is 9.89. The summed E-state index contributed by atoms with van der Waals surface area (Å²) in [7, 11) is 0. The average molecular weight is 202 g/mol. The normalized spacial score (nSPS) is 18.2. The first-order chi connectivity index (χ1) is 6.56. The number of aliphatic hydroxyl groups excluding tert-OH is 2. The zero-order chi connectivity index (χ0) is 11.1. The summed E-state index contributed by atoms with van der Waals surface area (Å²) in [6.45, 7) is 8.30. The van der Waals surface area contributed by atoms with Gasteiger partial charge in [0, 0.05) is 0 Å². The van der Waals surface area contributed by atoms with Gasteiger partial charge < -0.3 is 10.2 Å². The third-order valence-electron chi connectivity index (χ3n) is 3.35. The number of hydrogen-bond donors (Lipinski definition) is 2. The topological polar surface area (TPSA) is 40.5 Å². The van der Waals surface area contributed by atoms with E-state index in [-0.39, 0.29) is 5.92 Å². The van der Waals surface area contributed by atoms with Crippen LogP contribution in [0.25, 0.3) is 0 Å². The van der Waals surface area contributed by atoms with Gasteiger partial charge >= 0.3 is 0 Å².